The van der Waals surface area contributed by atoms with Crippen molar-refractivity contribution in [2.75, 3.05) is 6.61 Å². The first-order chi connectivity index (χ1) is 11.0. The zero-order valence-corrected chi connectivity index (χ0v) is 13.6. The van der Waals surface area contributed by atoms with E-state index in [2.05, 4.69) is 10.5 Å². The minimum atomic E-state index is -0.395. The molecule has 0 saturated carbocycles. The van der Waals surface area contributed by atoms with Crippen molar-refractivity contribution in [1.29, 1.82) is 0 Å². The number of phenolic OH excluding ortho intramolecular Hbond substituents is 1. The summed E-state index contributed by atoms with van der Waals surface area (Å²) in [6, 6.07) is 10.5. The molecule has 0 aliphatic carbocycles. The summed E-state index contributed by atoms with van der Waals surface area (Å²) in [7, 11) is 0. The quantitative estimate of drug-likeness (QED) is 0.652. The third kappa shape index (κ3) is 4.72. The molecule has 0 heterocycles. The number of aromatic hydroxyl groups is 1. The van der Waals surface area contributed by atoms with Crippen LogP contribution < -0.4 is 10.2 Å². The maximum absolute atomic E-state index is 11.7. The van der Waals surface area contributed by atoms with Gasteiger partial charge >= 0.3 is 0 Å². The average molecular weight is 333 g/mol. The molecule has 0 atom stereocenters. The van der Waals surface area contributed by atoms with Crippen molar-refractivity contribution in [3.05, 3.63) is 58.1 Å². The molecule has 2 N–H and O–H groups in total. The lowest BCUT2D eigenvalue weighted by Gasteiger charge is -2.06. The highest BCUT2D eigenvalue weighted by Gasteiger charge is 2.05. The Balaban J connectivity index is 1.88. The van der Waals surface area contributed by atoms with Gasteiger partial charge in [0, 0.05) is 0 Å². The Morgan fingerprint density at radius 1 is 1.30 bits per heavy atom. The summed E-state index contributed by atoms with van der Waals surface area (Å²) in [5.41, 5.74) is 4.66. The molecule has 0 saturated heterocycles. The highest BCUT2D eigenvalue weighted by molar-refractivity contribution is 6.32. The highest BCUT2D eigenvalue weighted by atomic mass is 35.5. The molecule has 0 aliphatic heterocycles. The molecule has 0 unspecified atom stereocenters. The van der Waals surface area contributed by atoms with Crippen LogP contribution in [-0.2, 0) is 4.79 Å². The fourth-order valence-corrected chi connectivity index (χ4v) is 2.17. The van der Waals surface area contributed by atoms with E-state index in [0.29, 0.717) is 10.8 Å². The second-order valence-corrected chi connectivity index (χ2v) is 5.42. The Bertz CT molecular complexity index is 721. The van der Waals surface area contributed by atoms with Gasteiger partial charge in [0.05, 0.1) is 11.2 Å². The lowest BCUT2D eigenvalue weighted by Crippen LogP contribution is -2.24. The van der Waals surface area contributed by atoms with E-state index in [4.69, 9.17) is 16.3 Å². The summed E-state index contributed by atoms with van der Waals surface area (Å²) in [6.45, 7) is 3.42. The highest BCUT2D eigenvalue weighted by Crippen LogP contribution is 2.23. The number of nitrogens with zero attached hydrogens (tertiary/aromatic N) is 1. The van der Waals surface area contributed by atoms with Crippen LogP contribution in [-0.4, -0.2) is 23.8 Å². The number of halogens is 1. The van der Waals surface area contributed by atoms with E-state index < -0.39 is 5.91 Å². The molecule has 0 bridgehead atoms. The summed E-state index contributed by atoms with van der Waals surface area (Å²) in [5, 5.41) is 14.0. The molecule has 5 nitrogen and oxygen atoms in total. The van der Waals surface area contributed by atoms with E-state index in [-0.39, 0.29) is 12.4 Å². The van der Waals surface area contributed by atoms with Crippen LogP contribution in [0, 0.1) is 13.8 Å². The van der Waals surface area contributed by atoms with E-state index in [1.807, 2.05) is 0 Å². The van der Waals surface area contributed by atoms with Gasteiger partial charge in [-0.1, -0.05) is 23.7 Å². The number of phenols is 1. The molecule has 0 aliphatic rings. The first-order valence-electron chi connectivity index (χ1n) is 6.97. The van der Waals surface area contributed by atoms with Gasteiger partial charge in [-0.3, -0.25) is 4.79 Å². The van der Waals surface area contributed by atoms with Crippen LogP contribution in [0.25, 0.3) is 0 Å². The van der Waals surface area contributed by atoms with Gasteiger partial charge in [-0.05, 0) is 54.8 Å². The van der Waals surface area contributed by atoms with Gasteiger partial charge in [-0.15, -0.1) is 0 Å². The lowest BCUT2D eigenvalue weighted by atomic mass is 10.1. The smallest absolute Gasteiger partial charge is 0.277 e. The summed E-state index contributed by atoms with van der Waals surface area (Å²) >= 11 is 5.93. The molecule has 6 heteroatoms. The lowest BCUT2D eigenvalue weighted by molar-refractivity contribution is -0.123. The number of nitrogens with one attached hydrogen (secondary N) is 1. The largest absolute Gasteiger partial charge is 0.507 e. The zero-order valence-electron chi connectivity index (χ0n) is 12.8. The summed E-state index contributed by atoms with van der Waals surface area (Å²) in [5.74, 6) is 0.311. The van der Waals surface area contributed by atoms with Crippen molar-refractivity contribution in [2.45, 2.75) is 13.8 Å². The van der Waals surface area contributed by atoms with Gasteiger partial charge in [0.1, 0.15) is 11.5 Å². The molecule has 2 rings (SSSR count). The number of carbonyl (C=O) groups is 1. The van der Waals surface area contributed by atoms with E-state index in [1.54, 1.807) is 50.2 Å². The molecular formula is C17H17ClN2O3. The van der Waals surface area contributed by atoms with Crippen LogP contribution in [0.15, 0.2) is 41.5 Å². The van der Waals surface area contributed by atoms with Crippen LogP contribution in [0.5, 0.6) is 11.5 Å². The van der Waals surface area contributed by atoms with Crippen molar-refractivity contribution in [3.8, 4) is 11.5 Å². The minimum Gasteiger partial charge on any atom is -0.507 e. The molecule has 1 amide bonds. The van der Waals surface area contributed by atoms with Crippen LogP contribution in [0.4, 0.5) is 0 Å². The molecular weight excluding hydrogens is 316 g/mol. The molecule has 120 valence electrons. The maximum atomic E-state index is 11.7. The van der Waals surface area contributed by atoms with E-state index in [1.165, 1.54) is 6.21 Å². The SMILES string of the molecule is Cc1cc(/C=N/NC(=O)COc2ccccc2Cl)cc(C)c1O. The number of hydrogen-bond donors (Lipinski definition) is 2. The fraction of sp³-hybridized carbons (Fsp3) is 0.176. The van der Waals surface area contributed by atoms with Crippen molar-refractivity contribution in [3.63, 3.8) is 0 Å². The second kappa shape index (κ2) is 7.65. The predicted octanol–water partition coefficient (Wildman–Crippen LogP) is 3.19. The summed E-state index contributed by atoms with van der Waals surface area (Å²) in [6.07, 6.45) is 1.51. The minimum absolute atomic E-state index is 0.186. The molecule has 23 heavy (non-hydrogen) atoms. The Hall–Kier alpha value is -2.53. The molecule has 0 radical (unpaired) electrons. The number of benzene rings is 2. The topological polar surface area (TPSA) is 70.9 Å². The van der Waals surface area contributed by atoms with Crippen molar-refractivity contribution in [1.82, 2.24) is 5.43 Å². The predicted molar refractivity (Wildman–Crippen MR) is 90.3 cm³/mol. The Kier molecular flexibility index (Phi) is 5.60. The molecule has 0 spiro atoms. The van der Waals surface area contributed by atoms with Gasteiger partial charge < -0.3 is 9.84 Å². The Morgan fingerprint density at radius 3 is 2.61 bits per heavy atom. The fourth-order valence-electron chi connectivity index (χ4n) is 1.98. The number of para-hydroxylation sites is 1. The molecule has 2 aromatic carbocycles. The zero-order chi connectivity index (χ0) is 16.8. The van der Waals surface area contributed by atoms with Crippen molar-refractivity contribution < 1.29 is 14.6 Å². The number of amides is 1. The normalized spacial score (nSPS) is 10.7. The summed E-state index contributed by atoms with van der Waals surface area (Å²) in [4.78, 5) is 11.7. The van der Waals surface area contributed by atoms with Crippen LogP contribution in [0.3, 0.4) is 0 Å². The van der Waals surface area contributed by atoms with E-state index in [0.717, 1.165) is 16.7 Å². The van der Waals surface area contributed by atoms with Gasteiger partial charge in [0.15, 0.2) is 6.61 Å². The van der Waals surface area contributed by atoms with Gasteiger partial charge in [0.2, 0.25) is 0 Å². The van der Waals surface area contributed by atoms with Crippen LogP contribution in [0.2, 0.25) is 5.02 Å². The standard InChI is InChI=1S/C17H17ClN2O3/c1-11-7-13(8-12(2)17(11)22)9-19-20-16(21)10-23-15-6-4-3-5-14(15)18/h3-9,22H,10H2,1-2H3,(H,20,21)/b19-9+. The van der Waals surface area contributed by atoms with E-state index in [9.17, 15) is 9.90 Å². The molecule has 2 aromatic rings. The first kappa shape index (κ1) is 16.8. The number of ether oxygens (including phenoxy) is 1. The number of carbonyl (C=O) groups excluding carboxylic acids is 1. The van der Waals surface area contributed by atoms with Crippen LogP contribution >= 0.6 is 11.6 Å². The summed E-state index contributed by atoms with van der Waals surface area (Å²) < 4.78 is 5.30. The van der Waals surface area contributed by atoms with Gasteiger partial charge in [-0.25, -0.2) is 5.43 Å². The monoisotopic (exact) mass is 332 g/mol. The average Bonchev–Trinajstić information content (AvgIpc) is 2.52. The maximum Gasteiger partial charge on any atom is 0.277 e. The Labute approximate surface area is 139 Å². The third-order valence-corrected chi connectivity index (χ3v) is 3.42. The molecule has 0 aromatic heterocycles. The number of rotatable bonds is 5. The van der Waals surface area contributed by atoms with Gasteiger partial charge in [0.25, 0.3) is 5.91 Å². The second-order valence-electron chi connectivity index (χ2n) is 5.02. The number of hydrogen-bond acceptors (Lipinski definition) is 4. The number of hydrazone groups is 1. The van der Waals surface area contributed by atoms with Crippen molar-refractivity contribution in [2.24, 2.45) is 5.10 Å². The van der Waals surface area contributed by atoms with Gasteiger partial charge in [-0.2, -0.15) is 5.10 Å². The third-order valence-electron chi connectivity index (χ3n) is 3.11. The van der Waals surface area contributed by atoms with E-state index >= 15 is 0 Å². The molecule has 0 fully saturated rings. The first-order valence-corrected chi connectivity index (χ1v) is 7.34. The number of aryl methyl sites for hydroxylation is 2. The van der Waals surface area contributed by atoms with Crippen LogP contribution in [0.1, 0.15) is 16.7 Å². The van der Waals surface area contributed by atoms with Crippen molar-refractivity contribution >= 4 is 23.7 Å². The Morgan fingerprint density at radius 2 is 1.96 bits per heavy atom.